The third-order valence-electron chi connectivity index (χ3n) is 5.16. The van der Waals surface area contributed by atoms with Crippen molar-refractivity contribution in [3.05, 3.63) is 87.6 Å². The highest BCUT2D eigenvalue weighted by atomic mass is 32.1. The minimum Gasteiger partial charge on any atom is -0.462 e. The van der Waals surface area contributed by atoms with E-state index in [0.29, 0.717) is 30.0 Å². The van der Waals surface area contributed by atoms with Crippen LogP contribution in [0.1, 0.15) is 50.5 Å². The summed E-state index contributed by atoms with van der Waals surface area (Å²) >= 11 is 1.53. The van der Waals surface area contributed by atoms with Gasteiger partial charge in [-0.05, 0) is 54.3 Å². The summed E-state index contributed by atoms with van der Waals surface area (Å²) < 4.78 is 4.97. The Morgan fingerprint density at radius 1 is 1.10 bits per heavy atom. The van der Waals surface area contributed by atoms with E-state index in [1.165, 1.54) is 11.3 Å². The van der Waals surface area contributed by atoms with E-state index >= 15 is 0 Å². The van der Waals surface area contributed by atoms with Gasteiger partial charge in [-0.2, -0.15) is 0 Å². The molecule has 4 rings (SSSR count). The van der Waals surface area contributed by atoms with Crippen LogP contribution in [0.15, 0.2) is 66.0 Å². The number of ether oxygens (including phenoxy) is 1. The Hall–Kier alpha value is -3.45. The van der Waals surface area contributed by atoms with Gasteiger partial charge in [-0.25, -0.2) is 4.79 Å². The summed E-state index contributed by atoms with van der Waals surface area (Å²) in [6.07, 6.45) is 0.139. The summed E-state index contributed by atoms with van der Waals surface area (Å²) in [5.41, 5.74) is 2.68. The zero-order valence-corrected chi connectivity index (χ0v) is 17.9. The van der Waals surface area contributed by atoms with Gasteiger partial charge in [0.25, 0.3) is 5.91 Å². The number of hydrogen-bond donors (Lipinski definition) is 1. The quantitative estimate of drug-likeness (QED) is 0.549. The van der Waals surface area contributed by atoms with Crippen LogP contribution in [0, 0.1) is 0 Å². The average Bonchev–Trinajstić information content (AvgIpc) is 3.42. The van der Waals surface area contributed by atoms with Gasteiger partial charge in [-0.15, -0.1) is 11.3 Å². The van der Waals surface area contributed by atoms with Crippen LogP contribution in [-0.4, -0.2) is 29.3 Å². The number of esters is 1. The number of carbonyl (C=O) groups is 3. The molecule has 3 aromatic rings. The van der Waals surface area contributed by atoms with Crippen molar-refractivity contribution in [2.45, 2.75) is 25.9 Å². The van der Waals surface area contributed by atoms with E-state index in [1.807, 2.05) is 41.8 Å². The molecule has 0 unspecified atom stereocenters. The average molecular weight is 435 g/mol. The monoisotopic (exact) mass is 434 g/mol. The molecule has 1 aliphatic rings. The number of nitrogens with zero attached hydrogens (tertiary/aromatic N) is 1. The predicted molar refractivity (Wildman–Crippen MR) is 119 cm³/mol. The second-order valence-electron chi connectivity index (χ2n) is 7.17. The molecule has 0 bridgehead atoms. The van der Waals surface area contributed by atoms with Crippen LogP contribution in [0.25, 0.3) is 0 Å². The number of rotatable bonds is 7. The summed E-state index contributed by atoms with van der Waals surface area (Å²) in [4.78, 5) is 40.3. The molecule has 1 aromatic heterocycles. The van der Waals surface area contributed by atoms with Gasteiger partial charge in [0.2, 0.25) is 5.91 Å². The zero-order valence-electron chi connectivity index (χ0n) is 17.0. The summed E-state index contributed by atoms with van der Waals surface area (Å²) in [5, 5.41) is 4.81. The van der Waals surface area contributed by atoms with Crippen molar-refractivity contribution in [2.24, 2.45) is 0 Å². The normalized spacial score (nSPS) is 13.6. The van der Waals surface area contributed by atoms with E-state index in [1.54, 1.807) is 36.1 Å². The molecule has 0 fully saturated rings. The predicted octanol–water partition coefficient (Wildman–Crippen LogP) is 4.65. The van der Waals surface area contributed by atoms with Gasteiger partial charge in [-0.1, -0.05) is 24.3 Å². The fraction of sp³-hybridized carbons (Fsp3) is 0.208. The van der Waals surface area contributed by atoms with Crippen molar-refractivity contribution in [1.82, 2.24) is 4.90 Å². The van der Waals surface area contributed by atoms with Gasteiger partial charge >= 0.3 is 5.97 Å². The highest BCUT2D eigenvalue weighted by molar-refractivity contribution is 7.10. The van der Waals surface area contributed by atoms with Crippen LogP contribution in [0.3, 0.4) is 0 Å². The van der Waals surface area contributed by atoms with Crippen molar-refractivity contribution in [2.75, 3.05) is 11.9 Å². The summed E-state index contributed by atoms with van der Waals surface area (Å²) in [6, 6.07) is 17.6. The van der Waals surface area contributed by atoms with E-state index in [9.17, 15) is 14.4 Å². The molecule has 2 amide bonds. The molecule has 1 atom stereocenters. The lowest BCUT2D eigenvalue weighted by Crippen LogP contribution is -2.31. The highest BCUT2D eigenvalue weighted by Crippen LogP contribution is 2.35. The van der Waals surface area contributed by atoms with E-state index < -0.39 is 5.97 Å². The molecule has 1 aliphatic heterocycles. The van der Waals surface area contributed by atoms with E-state index in [2.05, 4.69) is 5.32 Å². The summed E-state index contributed by atoms with van der Waals surface area (Å²) in [6.45, 7) is 2.54. The molecule has 0 radical (unpaired) electrons. The molecule has 0 spiro atoms. The van der Waals surface area contributed by atoms with Crippen LogP contribution in [0.2, 0.25) is 0 Å². The van der Waals surface area contributed by atoms with Crippen LogP contribution in [0.5, 0.6) is 0 Å². The maximum Gasteiger partial charge on any atom is 0.338 e. The third kappa shape index (κ3) is 4.51. The second kappa shape index (κ2) is 9.14. The molecular weight excluding hydrogens is 412 g/mol. The first kappa shape index (κ1) is 20.8. The number of nitrogens with one attached hydrogen (secondary N) is 1. The second-order valence-corrected chi connectivity index (χ2v) is 8.15. The van der Waals surface area contributed by atoms with Gasteiger partial charge in [0.1, 0.15) is 0 Å². The van der Waals surface area contributed by atoms with E-state index in [0.717, 1.165) is 10.4 Å². The standard InChI is InChI=1S/C24H22N2O4S/c1-2-30-24(29)16-9-11-18(12-10-16)25-22(27)14-20(21-8-5-13-31-21)26-15-17-6-3-4-7-19(17)23(26)28/h3-13,20H,2,14-15H2,1H3,(H,25,27)/t20-/m1/s1. The van der Waals surface area contributed by atoms with Gasteiger partial charge in [0, 0.05) is 22.7 Å². The topological polar surface area (TPSA) is 75.7 Å². The first-order chi connectivity index (χ1) is 15.1. The van der Waals surface area contributed by atoms with Crippen LogP contribution in [0.4, 0.5) is 5.69 Å². The zero-order chi connectivity index (χ0) is 21.8. The molecule has 0 aliphatic carbocycles. The number of carbonyl (C=O) groups excluding carboxylic acids is 3. The summed E-state index contributed by atoms with van der Waals surface area (Å²) in [5.74, 6) is -0.656. The fourth-order valence-electron chi connectivity index (χ4n) is 3.67. The van der Waals surface area contributed by atoms with Crippen molar-refractivity contribution in [3.8, 4) is 0 Å². The maximum atomic E-state index is 13.0. The fourth-order valence-corrected chi connectivity index (χ4v) is 4.50. The largest absolute Gasteiger partial charge is 0.462 e. The van der Waals surface area contributed by atoms with E-state index in [-0.39, 0.29) is 24.3 Å². The molecule has 7 heteroatoms. The lowest BCUT2D eigenvalue weighted by Gasteiger charge is -2.26. The molecule has 158 valence electrons. The number of benzene rings is 2. The van der Waals surface area contributed by atoms with Gasteiger partial charge in [0.15, 0.2) is 0 Å². The van der Waals surface area contributed by atoms with Crippen molar-refractivity contribution in [3.63, 3.8) is 0 Å². The Labute approximate surface area is 184 Å². The van der Waals surface area contributed by atoms with Crippen molar-refractivity contribution < 1.29 is 19.1 Å². The van der Waals surface area contributed by atoms with Gasteiger partial charge in [0.05, 0.1) is 24.6 Å². The molecule has 0 saturated heterocycles. The molecule has 31 heavy (non-hydrogen) atoms. The van der Waals surface area contributed by atoms with Crippen LogP contribution < -0.4 is 5.32 Å². The number of anilines is 1. The Kier molecular flexibility index (Phi) is 6.13. The number of amides is 2. The van der Waals surface area contributed by atoms with Crippen molar-refractivity contribution in [1.29, 1.82) is 0 Å². The Morgan fingerprint density at radius 3 is 2.55 bits per heavy atom. The maximum absolute atomic E-state index is 13.0. The Morgan fingerprint density at radius 2 is 1.87 bits per heavy atom. The minimum absolute atomic E-state index is 0.0550. The lowest BCUT2D eigenvalue weighted by molar-refractivity contribution is -0.117. The Bertz CT molecular complexity index is 1090. The SMILES string of the molecule is CCOC(=O)c1ccc(NC(=O)C[C@H](c2cccs2)N2Cc3ccccc3C2=O)cc1. The molecule has 0 saturated carbocycles. The molecule has 2 aromatic carbocycles. The summed E-state index contributed by atoms with van der Waals surface area (Å²) in [7, 11) is 0. The highest BCUT2D eigenvalue weighted by Gasteiger charge is 2.34. The number of thiophene rings is 1. The van der Waals surface area contributed by atoms with Gasteiger partial charge in [-0.3, -0.25) is 9.59 Å². The smallest absolute Gasteiger partial charge is 0.338 e. The molecule has 6 nitrogen and oxygen atoms in total. The van der Waals surface area contributed by atoms with Gasteiger partial charge < -0.3 is 15.0 Å². The number of fused-ring (bicyclic) bond motifs is 1. The third-order valence-corrected chi connectivity index (χ3v) is 6.13. The molecular formula is C24H22N2O4S. The first-order valence-electron chi connectivity index (χ1n) is 10.1. The first-order valence-corrected chi connectivity index (χ1v) is 10.9. The van der Waals surface area contributed by atoms with Crippen molar-refractivity contribution >= 4 is 34.8 Å². The minimum atomic E-state index is -0.398. The molecule has 2 heterocycles. The number of hydrogen-bond acceptors (Lipinski definition) is 5. The molecule has 1 N–H and O–H groups in total. The van der Waals surface area contributed by atoms with Crippen LogP contribution >= 0.6 is 11.3 Å². The lowest BCUT2D eigenvalue weighted by atomic mass is 10.1. The van der Waals surface area contributed by atoms with E-state index in [4.69, 9.17) is 4.74 Å². The van der Waals surface area contributed by atoms with Crippen LogP contribution in [-0.2, 0) is 16.1 Å². The Balaban J connectivity index is 1.48.